The number of benzene rings is 2. The summed E-state index contributed by atoms with van der Waals surface area (Å²) in [7, 11) is 1.36. The lowest BCUT2D eigenvalue weighted by Crippen LogP contribution is -2.25. The van der Waals surface area contributed by atoms with Gasteiger partial charge in [-0.3, -0.25) is 0 Å². The topological polar surface area (TPSA) is 9.23 Å². The summed E-state index contributed by atoms with van der Waals surface area (Å²) >= 11 is 0. The van der Waals surface area contributed by atoms with Gasteiger partial charge in [0, 0.05) is 5.39 Å². The van der Waals surface area contributed by atoms with Crippen molar-refractivity contribution in [1.82, 2.24) is 0 Å². The summed E-state index contributed by atoms with van der Waals surface area (Å²) in [6.45, 7) is 3.95. The van der Waals surface area contributed by atoms with Crippen molar-refractivity contribution in [2.45, 2.75) is 57.3 Å². The van der Waals surface area contributed by atoms with Gasteiger partial charge in [0.1, 0.15) is 0 Å². The molecular weight excluding hydrogens is 354 g/mol. The van der Waals surface area contributed by atoms with Crippen molar-refractivity contribution < 1.29 is 13.5 Å². The maximum atomic E-state index is 14.5. The van der Waals surface area contributed by atoms with Crippen LogP contribution in [0.3, 0.4) is 0 Å². The number of rotatable bonds is 4. The molecule has 2 aliphatic carbocycles. The van der Waals surface area contributed by atoms with Crippen LogP contribution in [-0.2, 0) is 0 Å². The van der Waals surface area contributed by atoms with Gasteiger partial charge in [-0.1, -0.05) is 18.2 Å². The summed E-state index contributed by atoms with van der Waals surface area (Å²) in [6.07, 6.45) is 12.2. The second kappa shape index (κ2) is 8.23. The van der Waals surface area contributed by atoms with Crippen LogP contribution < -0.4 is 4.74 Å². The average molecular weight is 385 g/mol. The van der Waals surface area contributed by atoms with E-state index in [1.54, 1.807) is 6.07 Å². The minimum Gasteiger partial charge on any atom is -0.494 e. The smallest absolute Gasteiger partial charge is 0.201 e. The lowest BCUT2D eigenvalue weighted by atomic mass is 9.68. The molecule has 0 N–H and O–H groups in total. The molecule has 0 spiro atoms. The van der Waals surface area contributed by atoms with Crippen LogP contribution in [0.4, 0.5) is 8.78 Å². The molecule has 0 atom stereocenters. The predicted octanol–water partition coefficient (Wildman–Crippen LogP) is 7.39. The molecule has 1 nitrogen and oxygen atoms in total. The molecule has 0 bridgehead atoms. The van der Waals surface area contributed by atoms with Gasteiger partial charge in [-0.2, -0.15) is 4.39 Å². The number of halogens is 2. The molecule has 0 unspecified atom stereocenters. The summed E-state index contributed by atoms with van der Waals surface area (Å²) in [5.41, 5.74) is 1.14. The van der Waals surface area contributed by atoms with Crippen molar-refractivity contribution in [1.29, 1.82) is 0 Å². The molecule has 2 fully saturated rings. The van der Waals surface area contributed by atoms with E-state index in [0.29, 0.717) is 16.7 Å². The number of hydrogen-bond donors (Lipinski definition) is 0. The highest BCUT2D eigenvalue weighted by atomic mass is 19.2. The third-order valence-corrected chi connectivity index (χ3v) is 7.29. The highest BCUT2D eigenvalue weighted by Crippen LogP contribution is 2.44. The van der Waals surface area contributed by atoms with Gasteiger partial charge >= 0.3 is 0 Å². The number of allylic oxidation sites excluding steroid dienone is 1. The van der Waals surface area contributed by atoms with Crippen LogP contribution in [0, 0.1) is 29.4 Å². The van der Waals surface area contributed by atoms with Gasteiger partial charge in [-0.15, -0.1) is 6.58 Å². The van der Waals surface area contributed by atoms with Gasteiger partial charge in [-0.05, 0) is 98.1 Å². The fraction of sp³-hybridized carbons (Fsp3) is 0.520. The number of fused-ring (bicyclic) bond motifs is 1. The monoisotopic (exact) mass is 384 g/mol. The highest BCUT2D eigenvalue weighted by Gasteiger charge is 2.31. The van der Waals surface area contributed by atoms with Crippen LogP contribution in [0.15, 0.2) is 36.9 Å². The molecule has 2 saturated carbocycles. The van der Waals surface area contributed by atoms with E-state index < -0.39 is 11.6 Å². The maximum absolute atomic E-state index is 14.5. The molecule has 150 valence electrons. The molecule has 0 amide bonds. The Morgan fingerprint density at radius 2 is 1.54 bits per heavy atom. The summed E-state index contributed by atoms with van der Waals surface area (Å²) in [6, 6.07) is 7.42. The summed E-state index contributed by atoms with van der Waals surface area (Å²) in [5, 5.41) is 1.05. The van der Waals surface area contributed by atoms with Crippen LogP contribution >= 0.6 is 0 Å². The van der Waals surface area contributed by atoms with Gasteiger partial charge in [0.15, 0.2) is 11.6 Å². The molecule has 2 aromatic carbocycles. The Kier molecular flexibility index (Phi) is 5.70. The van der Waals surface area contributed by atoms with Crippen LogP contribution in [-0.4, -0.2) is 7.11 Å². The zero-order valence-corrected chi connectivity index (χ0v) is 16.7. The molecule has 2 aliphatic rings. The fourth-order valence-corrected chi connectivity index (χ4v) is 5.50. The highest BCUT2D eigenvalue weighted by molar-refractivity contribution is 5.85. The van der Waals surface area contributed by atoms with Crippen molar-refractivity contribution in [2.24, 2.45) is 17.8 Å². The first-order valence-corrected chi connectivity index (χ1v) is 10.7. The van der Waals surface area contributed by atoms with Crippen molar-refractivity contribution in [3.8, 4) is 5.75 Å². The van der Waals surface area contributed by atoms with Gasteiger partial charge in [0.25, 0.3) is 0 Å². The number of hydrogen-bond acceptors (Lipinski definition) is 1. The minimum atomic E-state index is -0.897. The van der Waals surface area contributed by atoms with Crippen molar-refractivity contribution >= 4 is 10.8 Å². The molecule has 0 saturated heterocycles. The van der Waals surface area contributed by atoms with E-state index in [4.69, 9.17) is 4.74 Å². The fourth-order valence-electron chi connectivity index (χ4n) is 5.50. The Morgan fingerprint density at radius 1 is 0.893 bits per heavy atom. The van der Waals surface area contributed by atoms with Gasteiger partial charge < -0.3 is 4.74 Å². The van der Waals surface area contributed by atoms with E-state index >= 15 is 0 Å². The van der Waals surface area contributed by atoms with Crippen LogP contribution in [0.25, 0.3) is 10.8 Å². The number of methoxy groups -OCH3 is 1. The van der Waals surface area contributed by atoms with Crippen LogP contribution in [0.2, 0.25) is 0 Å². The Hall–Kier alpha value is -1.90. The summed E-state index contributed by atoms with van der Waals surface area (Å²) in [5.74, 6) is 1.14. The van der Waals surface area contributed by atoms with Gasteiger partial charge in [0.2, 0.25) is 5.82 Å². The maximum Gasteiger partial charge on any atom is 0.201 e. The van der Waals surface area contributed by atoms with E-state index in [2.05, 4.69) is 18.7 Å². The zero-order chi connectivity index (χ0) is 19.7. The largest absolute Gasteiger partial charge is 0.494 e. The molecule has 0 aliphatic heterocycles. The number of ether oxygens (including phenoxy) is 1. The third-order valence-electron chi connectivity index (χ3n) is 7.29. The lowest BCUT2D eigenvalue weighted by molar-refractivity contribution is 0.171. The summed E-state index contributed by atoms with van der Waals surface area (Å²) < 4.78 is 33.5. The zero-order valence-electron chi connectivity index (χ0n) is 16.7. The van der Waals surface area contributed by atoms with E-state index in [-0.39, 0.29) is 5.75 Å². The molecule has 4 rings (SSSR count). The molecule has 28 heavy (non-hydrogen) atoms. The molecule has 0 heterocycles. The molecular formula is C25H30F2O. The predicted molar refractivity (Wildman–Crippen MR) is 111 cm³/mol. The van der Waals surface area contributed by atoms with E-state index in [1.807, 2.05) is 12.1 Å². The normalized spacial score (nSPS) is 28.2. The Morgan fingerprint density at radius 3 is 2.14 bits per heavy atom. The van der Waals surface area contributed by atoms with Crippen molar-refractivity contribution in [3.05, 3.63) is 54.1 Å². The Labute approximate surface area is 166 Å². The Bertz CT molecular complexity index is 843. The van der Waals surface area contributed by atoms with Gasteiger partial charge in [0.05, 0.1) is 7.11 Å². The first kappa shape index (κ1) is 19.4. The first-order chi connectivity index (χ1) is 13.6. The van der Waals surface area contributed by atoms with Crippen molar-refractivity contribution in [2.75, 3.05) is 7.11 Å². The van der Waals surface area contributed by atoms with E-state index in [1.165, 1.54) is 45.6 Å². The molecule has 3 heteroatoms. The van der Waals surface area contributed by atoms with Gasteiger partial charge in [-0.25, -0.2) is 4.39 Å². The van der Waals surface area contributed by atoms with E-state index in [0.717, 1.165) is 36.2 Å². The first-order valence-electron chi connectivity index (χ1n) is 10.7. The van der Waals surface area contributed by atoms with Crippen molar-refractivity contribution in [3.63, 3.8) is 0 Å². The lowest BCUT2D eigenvalue weighted by Gasteiger charge is -2.37. The molecule has 0 radical (unpaired) electrons. The van der Waals surface area contributed by atoms with E-state index in [9.17, 15) is 8.78 Å². The minimum absolute atomic E-state index is 0.0376. The van der Waals surface area contributed by atoms with Crippen LogP contribution in [0.5, 0.6) is 5.75 Å². The third kappa shape index (κ3) is 3.68. The average Bonchev–Trinajstić information content (AvgIpc) is 2.76. The SMILES string of the molecule is C=CC1CCC(C2CCC(c3ccc4cc(OC)c(F)c(F)c4c3)CC2)CC1. The van der Waals surface area contributed by atoms with Crippen LogP contribution in [0.1, 0.15) is 62.8 Å². The molecule has 2 aromatic rings. The standard InChI is InChI=1S/C25H30F2O/c1-3-16-4-6-17(7-5-16)18-8-10-19(11-9-18)20-12-13-21-15-23(28-2)25(27)24(26)22(21)14-20/h3,12-19H,1,4-11H2,2H3. The quantitative estimate of drug-likeness (QED) is 0.499. The second-order valence-corrected chi connectivity index (χ2v) is 8.71. The Balaban J connectivity index is 1.45. The summed E-state index contributed by atoms with van der Waals surface area (Å²) in [4.78, 5) is 0. The second-order valence-electron chi connectivity index (χ2n) is 8.71. The molecule has 0 aromatic heterocycles.